The van der Waals surface area contributed by atoms with Crippen molar-refractivity contribution in [3.05, 3.63) is 54.4 Å². The Balaban J connectivity index is 1.61. The minimum absolute atomic E-state index is 0.188. The standard InChI is InChI=1S/C20H25N3O5S/c1-22(2)17-7-9-18(10-8-17)29(25,26)23-13-12-16(15-23)6-11-19(24)21-28-20-5-3-4-14-27-20/h6-13,15,20H,3-5,14H2,1-2H3,(H,21,24)/b11-6+. The van der Waals surface area contributed by atoms with E-state index in [1.807, 2.05) is 19.0 Å². The third kappa shape index (κ3) is 5.47. The molecule has 2 aromatic rings. The van der Waals surface area contributed by atoms with E-state index >= 15 is 0 Å². The zero-order valence-electron chi connectivity index (χ0n) is 16.4. The van der Waals surface area contributed by atoms with Gasteiger partial charge in [0.15, 0.2) is 6.29 Å². The second-order valence-corrected chi connectivity index (χ2v) is 8.72. The molecule has 2 heterocycles. The Kier molecular flexibility index (Phi) is 6.73. The van der Waals surface area contributed by atoms with Crippen LogP contribution < -0.4 is 10.4 Å². The largest absolute Gasteiger partial charge is 0.378 e. The Labute approximate surface area is 170 Å². The summed E-state index contributed by atoms with van der Waals surface area (Å²) in [6.07, 6.45) is 7.99. The molecular formula is C20H25N3O5S. The van der Waals surface area contributed by atoms with Crippen LogP contribution in [0.3, 0.4) is 0 Å². The Hall–Kier alpha value is -2.62. The predicted molar refractivity (Wildman–Crippen MR) is 110 cm³/mol. The summed E-state index contributed by atoms with van der Waals surface area (Å²) in [6.45, 7) is 0.621. The molecule has 1 aromatic carbocycles. The van der Waals surface area contributed by atoms with Crippen LogP contribution in [0.15, 0.2) is 53.7 Å². The first-order valence-electron chi connectivity index (χ1n) is 9.32. The molecule has 1 atom stereocenters. The van der Waals surface area contributed by atoms with Crippen LogP contribution in [-0.2, 0) is 24.4 Å². The van der Waals surface area contributed by atoms with Crippen LogP contribution in [0.25, 0.3) is 6.08 Å². The molecule has 1 N–H and O–H groups in total. The summed E-state index contributed by atoms with van der Waals surface area (Å²) in [5.74, 6) is -0.450. The van der Waals surface area contributed by atoms with Crippen molar-refractivity contribution in [2.24, 2.45) is 0 Å². The topological polar surface area (TPSA) is 89.9 Å². The summed E-state index contributed by atoms with van der Waals surface area (Å²) in [6, 6.07) is 8.24. The maximum absolute atomic E-state index is 12.8. The number of aromatic nitrogens is 1. The fourth-order valence-corrected chi connectivity index (χ4v) is 4.02. The maximum atomic E-state index is 12.8. The highest BCUT2D eigenvalue weighted by Crippen LogP contribution is 2.19. The lowest BCUT2D eigenvalue weighted by molar-refractivity contribution is -0.198. The molecule has 0 radical (unpaired) electrons. The van der Waals surface area contributed by atoms with Gasteiger partial charge in [0.1, 0.15) is 0 Å². The van der Waals surface area contributed by atoms with Crippen LogP contribution in [0.1, 0.15) is 24.8 Å². The fraction of sp³-hybridized carbons (Fsp3) is 0.350. The van der Waals surface area contributed by atoms with E-state index in [1.165, 1.54) is 24.5 Å². The second-order valence-electron chi connectivity index (χ2n) is 6.88. The quantitative estimate of drug-likeness (QED) is 0.547. The van der Waals surface area contributed by atoms with E-state index in [2.05, 4.69) is 5.48 Å². The Morgan fingerprint density at radius 3 is 2.66 bits per heavy atom. The predicted octanol–water partition coefficient (Wildman–Crippen LogP) is 2.38. The number of benzene rings is 1. The van der Waals surface area contributed by atoms with E-state index in [0.29, 0.717) is 12.2 Å². The SMILES string of the molecule is CN(C)c1ccc(S(=O)(=O)n2ccc(/C=C/C(=O)NOC3CCCCO3)c2)cc1. The Morgan fingerprint density at radius 1 is 1.24 bits per heavy atom. The van der Waals surface area contributed by atoms with E-state index in [4.69, 9.17) is 9.57 Å². The van der Waals surface area contributed by atoms with Gasteiger partial charge in [-0.05, 0) is 54.8 Å². The molecule has 1 saturated heterocycles. The van der Waals surface area contributed by atoms with Gasteiger partial charge < -0.3 is 9.64 Å². The minimum Gasteiger partial charge on any atom is -0.378 e. The van der Waals surface area contributed by atoms with Crippen molar-refractivity contribution >= 4 is 27.7 Å². The van der Waals surface area contributed by atoms with Crippen LogP contribution in [-0.4, -0.2) is 45.3 Å². The van der Waals surface area contributed by atoms with Gasteiger partial charge in [-0.2, -0.15) is 0 Å². The normalized spacial score (nSPS) is 17.4. The lowest BCUT2D eigenvalue weighted by Gasteiger charge is -2.21. The maximum Gasteiger partial charge on any atom is 0.267 e. The molecule has 29 heavy (non-hydrogen) atoms. The van der Waals surface area contributed by atoms with E-state index in [1.54, 1.807) is 30.3 Å². The Bertz CT molecular complexity index is 958. The molecule has 1 fully saturated rings. The van der Waals surface area contributed by atoms with Gasteiger partial charge in [-0.3, -0.25) is 4.79 Å². The molecule has 8 nitrogen and oxygen atoms in total. The average Bonchev–Trinajstić information content (AvgIpc) is 3.21. The molecule has 1 amide bonds. The summed E-state index contributed by atoms with van der Waals surface area (Å²) >= 11 is 0. The summed E-state index contributed by atoms with van der Waals surface area (Å²) in [4.78, 5) is 19.1. The zero-order valence-corrected chi connectivity index (χ0v) is 17.3. The molecule has 9 heteroatoms. The first-order valence-corrected chi connectivity index (χ1v) is 10.8. The summed E-state index contributed by atoms with van der Waals surface area (Å²) < 4.78 is 32.0. The molecular weight excluding hydrogens is 394 g/mol. The smallest absolute Gasteiger partial charge is 0.267 e. The van der Waals surface area contributed by atoms with Gasteiger partial charge >= 0.3 is 0 Å². The van der Waals surface area contributed by atoms with Crippen molar-refractivity contribution in [3.63, 3.8) is 0 Å². The number of nitrogens with one attached hydrogen (secondary N) is 1. The number of amides is 1. The van der Waals surface area contributed by atoms with Crippen molar-refractivity contribution in [2.75, 3.05) is 25.6 Å². The van der Waals surface area contributed by atoms with Gasteiger partial charge in [-0.15, -0.1) is 0 Å². The van der Waals surface area contributed by atoms with Crippen LogP contribution in [0.4, 0.5) is 5.69 Å². The zero-order chi connectivity index (χ0) is 20.9. The van der Waals surface area contributed by atoms with Crippen molar-refractivity contribution in [1.82, 2.24) is 9.45 Å². The van der Waals surface area contributed by atoms with Gasteiger partial charge in [0.05, 0.1) is 4.90 Å². The molecule has 0 bridgehead atoms. The van der Waals surface area contributed by atoms with Gasteiger partial charge in [0, 0.05) is 51.3 Å². The van der Waals surface area contributed by atoms with E-state index in [0.717, 1.165) is 28.9 Å². The lowest BCUT2D eigenvalue weighted by Crippen LogP contribution is -2.32. The van der Waals surface area contributed by atoms with Crippen molar-refractivity contribution < 1.29 is 22.8 Å². The van der Waals surface area contributed by atoms with Crippen molar-refractivity contribution in [3.8, 4) is 0 Å². The summed E-state index contributed by atoms with van der Waals surface area (Å²) in [5.41, 5.74) is 3.80. The number of ether oxygens (including phenoxy) is 1. The third-order valence-electron chi connectivity index (χ3n) is 4.47. The number of carbonyl (C=O) groups excluding carboxylic acids is 1. The van der Waals surface area contributed by atoms with Gasteiger partial charge in [-0.1, -0.05) is 0 Å². The molecule has 1 unspecified atom stereocenters. The molecule has 156 valence electrons. The van der Waals surface area contributed by atoms with Gasteiger partial charge in [0.25, 0.3) is 15.9 Å². The number of nitrogens with zero attached hydrogens (tertiary/aromatic N) is 2. The van der Waals surface area contributed by atoms with Gasteiger partial charge in [0.2, 0.25) is 0 Å². The van der Waals surface area contributed by atoms with E-state index in [9.17, 15) is 13.2 Å². The summed E-state index contributed by atoms with van der Waals surface area (Å²) in [5, 5.41) is 0. The van der Waals surface area contributed by atoms with E-state index < -0.39 is 22.2 Å². The molecule has 1 aliphatic heterocycles. The highest BCUT2D eigenvalue weighted by Gasteiger charge is 2.17. The molecule has 0 spiro atoms. The first-order chi connectivity index (χ1) is 13.9. The monoisotopic (exact) mass is 419 g/mol. The number of hydrogen-bond acceptors (Lipinski definition) is 6. The van der Waals surface area contributed by atoms with E-state index in [-0.39, 0.29) is 4.90 Å². The first kappa shape index (κ1) is 21.1. The third-order valence-corrected chi connectivity index (χ3v) is 6.12. The fourth-order valence-electron chi connectivity index (χ4n) is 2.81. The molecule has 0 aliphatic carbocycles. The molecule has 1 aromatic heterocycles. The molecule has 3 rings (SSSR count). The number of hydroxylamine groups is 1. The average molecular weight is 420 g/mol. The minimum atomic E-state index is -3.70. The number of anilines is 1. The number of hydrogen-bond donors (Lipinski definition) is 1. The molecule has 1 aliphatic rings. The number of rotatable bonds is 7. The van der Waals surface area contributed by atoms with Crippen LogP contribution in [0, 0.1) is 0 Å². The number of carbonyl (C=O) groups is 1. The Morgan fingerprint density at radius 2 is 2.00 bits per heavy atom. The van der Waals surface area contributed by atoms with Crippen molar-refractivity contribution in [2.45, 2.75) is 30.4 Å². The second kappa shape index (κ2) is 9.25. The van der Waals surface area contributed by atoms with Gasteiger partial charge in [-0.25, -0.2) is 22.7 Å². The lowest BCUT2D eigenvalue weighted by atomic mass is 10.2. The molecule has 0 saturated carbocycles. The van der Waals surface area contributed by atoms with Crippen LogP contribution in [0.2, 0.25) is 0 Å². The summed E-state index contributed by atoms with van der Waals surface area (Å²) in [7, 11) is 0.0713. The van der Waals surface area contributed by atoms with Crippen molar-refractivity contribution in [1.29, 1.82) is 0 Å². The highest BCUT2D eigenvalue weighted by molar-refractivity contribution is 7.90. The van der Waals surface area contributed by atoms with Crippen LogP contribution in [0.5, 0.6) is 0 Å². The van der Waals surface area contributed by atoms with Crippen LogP contribution >= 0.6 is 0 Å². The highest BCUT2D eigenvalue weighted by atomic mass is 32.2.